The first kappa shape index (κ1) is 14.4. The molecular weight excluding hydrogens is 252 g/mol. The summed E-state index contributed by atoms with van der Waals surface area (Å²) in [6.07, 6.45) is 5.08. The van der Waals surface area contributed by atoms with Crippen molar-refractivity contribution < 1.29 is 4.42 Å². The van der Waals surface area contributed by atoms with Crippen molar-refractivity contribution in [3.05, 3.63) is 36.0 Å². The summed E-state index contributed by atoms with van der Waals surface area (Å²) >= 11 is 0. The molecule has 5 heteroatoms. The number of nitrogens with one attached hydrogen (secondary N) is 1. The fourth-order valence-corrected chi connectivity index (χ4v) is 2.21. The lowest BCUT2D eigenvalue weighted by Gasteiger charge is -2.19. The van der Waals surface area contributed by atoms with Crippen LogP contribution in [0.2, 0.25) is 0 Å². The predicted octanol–water partition coefficient (Wildman–Crippen LogP) is 3.21. The zero-order chi connectivity index (χ0) is 14.5. The van der Waals surface area contributed by atoms with Crippen LogP contribution in [0.1, 0.15) is 44.4 Å². The van der Waals surface area contributed by atoms with Crippen LogP contribution in [0.4, 0.5) is 11.6 Å². The smallest absolute Gasteiger partial charge is 0.135 e. The van der Waals surface area contributed by atoms with E-state index in [1.54, 1.807) is 6.26 Å². The molecule has 2 aromatic heterocycles. The van der Waals surface area contributed by atoms with Crippen molar-refractivity contribution in [1.29, 1.82) is 0 Å². The van der Waals surface area contributed by atoms with E-state index in [1.165, 1.54) is 6.33 Å². The highest BCUT2D eigenvalue weighted by atomic mass is 16.3. The molecule has 0 bridgehead atoms. The van der Waals surface area contributed by atoms with Gasteiger partial charge in [-0.2, -0.15) is 0 Å². The Bertz CT molecular complexity index is 537. The molecule has 1 atom stereocenters. The number of aryl methyl sites for hydroxylation is 1. The molecule has 5 nitrogen and oxygen atoms in total. The highest BCUT2D eigenvalue weighted by Crippen LogP contribution is 2.27. The summed E-state index contributed by atoms with van der Waals surface area (Å²) in [5.41, 5.74) is 6.93. The summed E-state index contributed by atoms with van der Waals surface area (Å²) in [4.78, 5) is 8.39. The second-order valence-corrected chi connectivity index (χ2v) is 5.34. The first-order valence-electron chi connectivity index (χ1n) is 6.97. The lowest BCUT2D eigenvalue weighted by atomic mass is 10.0. The second kappa shape index (κ2) is 6.41. The van der Waals surface area contributed by atoms with Crippen molar-refractivity contribution in [2.24, 2.45) is 0 Å². The Balaban J connectivity index is 2.00. The normalized spacial score (nSPS) is 12.6. The van der Waals surface area contributed by atoms with E-state index in [0.29, 0.717) is 5.82 Å². The van der Waals surface area contributed by atoms with Gasteiger partial charge in [-0.15, -0.1) is 0 Å². The highest BCUT2D eigenvalue weighted by molar-refractivity contribution is 5.56. The van der Waals surface area contributed by atoms with Crippen LogP contribution in [0, 0.1) is 0 Å². The monoisotopic (exact) mass is 274 g/mol. The Hall–Kier alpha value is -2.04. The molecular formula is C15H22N4O. The number of nitrogens with two attached hydrogens (primary N) is 1. The van der Waals surface area contributed by atoms with Crippen LogP contribution in [0.15, 0.2) is 29.1 Å². The lowest BCUT2D eigenvalue weighted by Crippen LogP contribution is -2.19. The number of furan rings is 1. The molecule has 0 radical (unpaired) electrons. The van der Waals surface area contributed by atoms with Crippen LogP contribution in [0.25, 0.3) is 0 Å². The summed E-state index contributed by atoms with van der Waals surface area (Å²) in [5.74, 6) is 2.68. The average Bonchev–Trinajstić information content (AvgIpc) is 2.89. The van der Waals surface area contributed by atoms with E-state index in [1.807, 2.05) is 12.1 Å². The third-order valence-electron chi connectivity index (χ3n) is 3.28. The van der Waals surface area contributed by atoms with E-state index < -0.39 is 0 Å². The minimum atomic E-state index is 0.284. The molecule has 0 amide bonds. The number of aromatic nitrogens is 2. The van der Waals surface area contributed by atoms with E-state index in [-0.39, 0.29) is 12.0 Å². The van der Waals surface area contributed by atoms with Crippen LogP contribution in [0.3, 0.4) is 0 Å². The van der Waals surface area contributed by atoms with E-state index >= 15 is 0 Å². The zero-order valence-electron chi connectivity index (χ0n) is 12.3. The van der Waals surface area contributed by atoms with Gasteiger partial charge in [0.1, 0.15) is 23.7 Å². The predicted molar refractivity (Wildman–Crippen MR) is 80.6 cm³/mol. The van der Waals surface area contributed by atoms with Crippen molar-refractivity contribution in [2.45, 2.75) is 45.6 Å². The number of hydrogen-bond donors (Lipinski definition) is 2. The first-order valence-corrected chi connectivity index (χ1v) is 6.97. The maximum absolute atomic E-state index is 5.94. The maximum atomic E-state index is 5.94. The van der Waals surface area contributed by atoms with Gasteiger partial charge in [-0.1, -0.05) is 13.8 Å². The Morgan fingerprint density at radius 1 is 1.30 bits per heavy atom. The summed E-state index contributed by atoms with van der Waals surface area (Å²) < 4.78 is 5.34. The quantitative estimate of drug-likeness (QED) is 0.845. The van der Waals surface area contributed by atoms with Gasteiger partial charge >= 0.3 is 0 Å². The van der Waals surface area contributed by atoms with Crippen LogP contribution in [0.5, 0.6) is 0 Å². The molecule has 0 saturated carbocycles. The maximum Gasteiger partial charge on any atom is 0.135 e. The van der Waals surface area contributed by atoms with Gasteiger partial charge in [0.15, 0.2) is 0 Å². The Kier molecular flexibility index (Phi) is 4.61. The van der Waals surface area contributed by atoms with Gasteiger partial charge in [-0.05, 0) is 31.4 Å². The van der Waals surface area contributed by atoms with Crippen molar-refractivity contribution in [1.82, 2.24) is 9.97 Å². The van der Waals surface area contributed by atoms with Crippen LogP contribution >= 0.6 is 0 Å². The average molecular weight is 274 g/mol. The molecule has 0 aliphatic rings. The van der Waals surface area contributed by atoms with Gasteiger partial charge in [0.05, 0.1) is 6.26 Å². The molecule has 2 rings (SSSR count). The first-order chi connectivity index (χ1) is 9.58. The number of anilines is 2. The molecule has 2 aromatic rings. The van der Waals surface area contributed by atoms with Gasteiger partial charge in [0, 0.05) is 18.0 Å². The third-order valence-corrected chi connectivity index (χ3v) is 3.28. The van der Waals surface area contributed by atoms with Gasteiger partial charge in [-0.3, -0.25) is 0 Å². The summed E-state index contributed by atoms with van der Waals surface area (Å²) in [5, 5.41) is 3.42. The van der Waals surface area contributed by atoms with Gasteiger partial charge < -0.3 is 15.5 Å². The molecule has 0 aromatic carbocycles. The number of nitrogens with zero attached hydrogens (tertiary/aromatic N) is 2. The van der Waals surface area contributed by atoms with E-state index in [4.69, 9.17) is 10.2 Å². The van der Waals surface area contributed by atoms with Crippen molar-refractivity contribution in [3.8, 4) is 0 Å². The number of hydrogen-bond acceptors (Lipinski definition) is 5. The van der Waals surface area contributed by atoms with E-state index in [2.05, 4.69) is 36.1 Å². The zero-order valence-corrected chi connectivity index (χ0v) is 12.3. The van der Waals surface area contributed by atoms with Crippen LogP contribution < -0.4 is 11.1 Å². The molecule has 0 fully saturated rings. The number of rotatable bonds is 6. The Morgan fingerprint density at radius 2 is 2.10 bits per heavy atom. The topological polar surface area (TPSA) is 77.0 Å². The lowest BCUT2D eigenvalue weighted by molar-refractivity contribution is 0.494. The molecule has 0 spiro atoms. The number of nitrogen functional groups attached to an aromatic ring is 1. The Labute approximate surface area is 119 Å². The molecule has 0 aliphatic heterocycles. The minimum absolute atomic E-state index is 0.284. The van der Waals surface area contributed by atoms with Crippen molar-refractivity contribution >= 4 is 11.6 Å². The molecule has 0 saturated heterocycles. The van der Waals surface area contributed by atoms with Crippen molar-refractivity contribution in [3.63, 3.8) is 0 Å². The third kappa shape index (κ3) is 3.50. The summed E-state index contributed by atoms with van der Waals surface area (Å²) in [6, 6.07) is 4.19. The SMILES string of the molecule is CC(CCc1ccco1)Nc1ncnc(N)c1C(C)C. The molecule has 3 N–H and O–H groups in total. The summed E-state index contributed by atoms with van der Waals surface area (Å²) in [7, 11) is 0. The van der Waals surface area contributed by atoms with E-state index in [0.717, 1.165) is 30.0 Å². The highest BCUT2D eigenvalue weighted by Gasteiger charge is 2.14. The van der Waals surface area contributed by atoms with Crippen LogP contribution in [-0.4, -0.2) is 16.0 Å². The Morgan fingerprint density at radius 3 is 2.75 bits per heavy atom. The summed E-state index contributed by atoms with van der Waals surface area (Å²) in [6.45, 7) is 6.31. The van der Waals surface area contributed by atoms with Gasteiger partial charge in [0.2, 0.25) is 0 Å². The molecule has 2 heterocycles. The van der Waals surface area contributed by atoms with Gasteiger partial charge in [0.25, 0.3) is 0 Å². The standard InChI is InChI=1S/C15H22N4O/c1-10(2)13-14(16)17-9-18-15(13)19-11(3)6-7-12-5-4-8-20-12/h4-5,8-11H,6-7H2,1-3H3,(H3,16,17,18,19). The van der Waals surface area contributed by atoms with Crippen molar-refractivity contribution in [2.75, 3.05) is 11.1 Å². The molecule has 20 heavy (non-hydrogen) atoms. The van der Waals surface area contributed by atoms with Crippen LogP contribution in [-0.2, 0) is 6.42 Å². The largest absolute Gasteiger partial charge is 0.469 e. The fraction of sp³-hybridized carbons (Fsp3) is 0.467. The van der Waals surface area contributed by atoms with Gasteiger partial charge in [-0.25, -0.2) is 9.97 Å². The fourth-order valence-electron chi connectivity index (χ4n) is 2.21. The molecule has 0 aliphatic carbocycles. The van der Waals surface area contributed by atoms with E-state index in [9.17, 15) is 0 Å². The second-order valence-electron chi connectivity index (χ2n) is 5.34. The molecule has 108 valence electrons. The molecule has 1 unspecified atom stereocenters. The minimum Gasteiger partial charge on any atom is -0.469 e.